The van der Waals surface area contributed by atoms with Crippen molar-refractivity contribution in [3.63, 3.8) is 0 Å². The highest BCUT2D eigenvalue weighted by molar-refractivity contribution is 6.34. The Hall–Kier alpha value is -1.13. The van der Waals surface area contributed by atoms with Crippen LogP contribution in [0.1, 0.15) is 25.3 Å². The van der Waals surface area contributed by atoms with Crippen LogP contribution < -0.4 is 5.73 Å². The van der Waals surface area contributed by atoms with Crippen LogP contribution in [-0.4, -0.2) is 21.0 Å². The zero-order valence-electron chi connectivity index (χ0n) is 9.00. The lowest BCUT2D eigenvalue weighted by Crippen LogP contribution is -2.31. The van der Waals surface area contributed by atoms with E-state index >= 15 is 0 Å². The fourth-order valence-electron chi connectivity index (χ4n) is 2.42. The Morgan fingerprint density at radius 2 is 2.25 bits per heavy atom. The van der Waals surface area contributed by atoms with Crippen molar-refractivity contribution in [2.45, 2.75) is 31.2 Å². The number of rotatable bonds is 2. The maximum Gasteiger partial charge on any atom is 0.142 e. The molecule has 0 amide bonds. The molecule has 1 aliphatic carbocycles. The molecular weight excluding hydrogens is 224 g/mol. The third-order valence-electron chi connectivity index (χ3n) is 3.62. The van der Waals surface area contributed by atoms with Crippen molar-refractivity contribution in [1.82, 2.24) is 15.0 Å². The van der Waals surface area contributed by atoms with Gasteiger partial charge in [0, 0.05) is 17.7 Å². The molecule has 4 nitrogen and oxygen atoms in total. The van der Waals surface area contributed by atoms with Crippen LogP contribution in [0.4, 0.5) is 0 Å². The molecule has 0 aromatic carbocycles. The van der Waals surface area contributed by atoms with Gasteiger partial charge in [-0.05, 0) is 25.3 Å². The predicted molar refractivity (Wildman–Crippen MR) is 63.5 cm³/mol. The van der Waals surface area contributed by atoms with Crippen LogP contribution >= 0.6 is 11.6 Å². The van der Waals surface area contributed by atoms with Crippen LogP contribution in [0.2, 0.25) is 5.15 Å². The van der Waals surface area contributed by atoms with Crippen molar-refractivity contribution in [3.05, 3.63) is 23.2 Å². The van der Waals surface area contributed by atoms with Crippen molar-refractivity contribution < 1.29 is 0 Å². The highest BCUT2D eigenvalue weighted by Crippen LogP contribution is 2.52. The molecule has 1 unspecified atom stereocenters. The third-order valence-corrected chi connectivity index (χ3v) is 3.91. The highest BCUT2D eigenvalue weighted by Gasteiger charge is 2.49. The molecule has 2 heterocycles. The van der Waals surface area contributed by atoms with Crippen LogP contribution in [0.3, 0.4) is 0 Å². The maximum atomic E-state index is 6.13. The quantitative estimate of drug-likeness (QED) is 0.784. The molecule has 1 atom stereocenters. The summed E-state index contributed by atoms with van der Waals surface area (Å²) < 4.78 is 0. The summed E-state index contributed by atoms with van der Waals surface area (Å²) in [7, 11) is 0. The number of nitrogens with one attached hydrogen (secondary N) is 1. The van der Waals surface area contributed by atoms with Gasteiger partial charge in [-0.15, -0.1) is 0 Å². The number of nitrogens with zero attached hydrogens (tertiary/aromatic N) is 2. The summed E-state index contributed by atoms with van der Waals surface area (Å²) in [4.78, 5) is 11.3. The molecule has 3 N–H and O–H groups in total. The summed E-state index contributed by atoms with van der Waals surface area (Å²) in [6.45, 7) is 2.05. The summed E-state index contributed by atoms with van der Waals surface area (Å²) in [5, 5.41) is 1.44. The molecule has 5 heteroatoms. The number of halogens is 1. The Labute approximate surface area is 98.2 Å². The van der Waals surface area contributed by atoms with E-state index in [1.165, 1.54) is 11.9 Å². The van der Waals surface area contributed by atoms with Crippen molar-refractivity contribution in [1.29, 1.82) is 0 Å². The second kappa shape index (κ2) is 3.18. The van der Waals surface area contributed by atoms with Gasteiger partial charge in [-0.1, -0.05) is 11.6 Å². The topological polar surface area (TPSA) is 67.6 Å². The van der Waals surface area contributed by atoms with E-state index in [0.29, 0.717) is 5.15 Å². The monoisotopic (exact) mass is 236 g/mol. The smallest absolute Gasteiger partial charge is 0.142 e. The van der Waals surface area contributed by atoms with Crippen LogP contribution in [0, 0.1) is 0 Å². The van der Waals surface area contributed by atoms with Crippen molar-refractivity contribution in [2.75, 3.05) is 0 Å². The first-order valence-electron chi connectivity index (χ1n) is 5.39. The molecule has 3 rings (SSSR count). The zero-order chi connectivity index (χ0) is 11.3. The zero-order valence-corrected chi connectivity index (χ0v) is 9.75. The minimum absolute atomic E-state index is 0.0760. The molecule has 2 aromatic heterocycles. The van der Waals surface area contributed by atoms with E-state index in [0.717, 1.165) is 23.9 Å². The molecule has 1 saturated carbocycles. The van der Waals surface area contributed by atoms with Crippen LogP contribution in [-0.2, 0) is 5.41 Å². The number of nitrogens with two attached hydrogens (primary N) is 1. The summed E-state index contributed by atoms with van der Waals surface area (Å²) in [6, 6.07) is 0.128. The molecule has 1 fully saturated rings. The SMILES string of the molecule is CC(N)C1(c2c[nH]c3ncnc(Cl)c23)CC1. The van der Waals surface area contributed by atoms with Crippen molar-refractivity contribution >= 4 is 22.6 Å². The van der Waals surface area contributed by atoms with Gasteiger partial charge >= 0.3 is 0 Å². The Kier molecular flexibility index (Phi) is 2.00. The molecule has 0 bridgehead atoms. The summed E-state index contributed by atoms with van der Waals surface area (Å²) in [5.41, 5.74) is 8.11. The second-order valence-electron chi connectivity index (χ2n) is 4.54. The van der Waals surface area contributed by atoms with Crippen LogP contribution in [0.5, 0.6) is 0 Å². The Morgan fingerprint density at radius 3 is 2.88 bits per heavy atom. The summed E-state index contributed by atoms with van der Waals surface area (Å²) in [6.07, 6.45) is 5.67. The lowest BCUT2D eigenvalue weighted by Gasteiger charge is -2.18. The van der Waals surface area contributed by atoms with E-state index in [4.69, 9.17) is 17.3 Å². The fraction of sp³-hybridized carbons (Fsp3) is 0.455. The Bertz CT molecular complexity index is 542. The lowest BCUT2D eigenvalue weighted by atomic mass is 9.90. The van der Waals surface area contributed by atoms with E-state index < -0.39 is 0 Å². The third kappa shape index (κ3) is 1.20. The van der Waals surface area contributed by atoms with E-state index in [1.807, 2.05) is 13.1 Å². The number of aromatic amines is 1. The van der Waals surface area contributed by atoms with Crippen LogP contribution in [0.15, 0.2) is 12.5 Å². The van der Waals surface area contributed by atoms with Gasteiger partial charge in [0.15, 0.2) is 0 Å². The van der Waals surface area contributed by atoms with Gasteiger partial charge in [-0.3, -0.25) is 0 Å². The number of hydrogen-bond acceptors (Lipinski definition) is 3. The van der Waals surface area contributed by atoms with Crippen molar-refractivity contribution in [2.24, 2.45) is 5.73 Å². The van der Waals surface area contributed by atoms with Gasteiger partial charge in [-0.25, -0.2) is 9.97 Å². The summed E-state index contributed by atoms with van der Waals surface area (Å²) >= 11 is 6.13. The number of fused-ring (bicyclic) bond motifs is 1. The minimum atomic E-state index is 0.0760. The fourth-order valence-corrected chi connectivity index (χ4v) is 2.66. The van der Waals surface area contributed by atoms with E-state index in [-0.39, 0.29) is 11.5 Å². The molecule has 1 aliphatic rings. The number of aromatic nitrogens is 3. The first kappa shape index (κ1) is 10.1. The maximum absolute atomic E-state index is 6.13. The van der Waals surface area contributed by atoms with E-state index in [9.17, 15) is 0 Å². The normalized spacial score (nSPS) is 19.9. The average Bonchev–Trinajstić information content (AvgIpc) is 2.94. The number of H-pyrrole nitrogens is 1. The lowest BCUT2D eigenvalue weighted by molar-refractivity contribution is 0.560. The first-order chi connectivity index (χ1) is 7.65. The van der Waals surface area contributed by atoms with E-state index in [1.54, 1.807) is 0 Å². The van der Waals surface area contributed by atoms with Gasteiger partial charge < -0.3 is 10.7 Å². The molecule has 0 radical (unpaired) electrons. The van der Waals surface area contributed by atoms with Gasteiger partial charge in [0.2, 0.25) is 0 Å². The second-order valence-corrected chi connectivity index (χ2v) is 4.89. The Morgan fingerprint density at radius 1 is 1.50 bits per heavy atom. The predicted octanol–water partition coefficient (Wildman–Crippen LogP) is 1.99. The molecule has 0 saturated heterocycles. The van der Waals surface area contributed by atoms with E-state index in [2.05, 4.69) is 15.0 Å². The molecular formula is C11H13ClN4. The molecule has 84 valence electrons. The molecule has 0 spiro atoms. The first-order valence-corrected chi connectivity index (χ1v) is 5.76. The van der Waals surface area contributed by atoms with Gasteiger partial charge in [0.05, 0.1) is 5.39 Å². The standard InChI is InChI=1S/C11H13ClN4/c1-6(13)11(2-3-11)7-4-14-10-8(7)9(12)15-5-16-10/h4-6H,2-3,13H2,1H3,(H,14,15,16). The highest BCUT2D eigenvalue weighted by atomic mass is 35.5. The molecule has 2 aromatic rings. The largest absolute Gasteiger partial charge is 0.346 e. The van der Waals surface area contributed by atoms with Gasteiger partial charge in [0.25, 0.3) is 0 Å². The Balaban J connectivity index is 2.25. The summed E-state index contributed by atoms with van der Waals surface area (Å²) in [5.74, 6) is 0. The number of hydrogen-bond donors (Lipinski definition) is 2. The minimum Gasteiger partial charge on any atom is -0.346 e. The molecule has 16 heavy (non-hydrogen) atoms. The van der Waals surface area contributed by atoms with Gasteiger partial charge in [0.1, 0.15) is 17.1 Å². The van der Waals surface area contributed by atoms with Crippen LogP contribution in [0.25, 0.3) is 11.0 Å². The average molecular weight is 237 g/mol. The van der Waals surface area contributed by atoms with Gasteiger partial charge in [-0.2, -0.15) is 0 Å². The van der Waals surface area contributed by atoms with Crippen molar-refractivity contribution in [3.8, 4) is 0 Å². The molecule has 0 aliphatic heterocycles.